The number of hydrogen-bond donors (Lipinski definition) is 2. The molecule has 0 aliphatic heterocycles. The molecule has 0 aromatic rings. The standard InChI is InChI=1S/C12H22N2O4/c1-3-5-7-13(8-9-15)12(18)14(6-4-2)10-11(16)17/h4,15H,2-3,5-10H2,1H3,(H,16,17). The van der Waals surface area contributed by atoms with Crippen LogP contribution < -0.4 is 0 Å². The van der Waals surface area contributed by atoms with Crippen LogP contribution in [-0.2, 0) is 4.79 Å². The summed E-state index contributed by atoms with van der Waals surface area (Å²) in [5.41, 5.74) is 0. The number of carboxylic acids is 1. The second-order valence-corrected chi connectivity index (χ2v) is 3.91. The average molecular weight is 258 g/mol. The molecule has 0 saturated carbocycles. The summed E-state index contributed by atoms with van der Waals surface area (Å²) in [6.45, 7) is 5.92. The Morgan fingerprint density at radius 3 is 2.39 bits per heavy atom. The molecule has 0 aromatic carbocycles. The molecule has 6 heteroatoms. The molecular formula is C12H22N2O4. The Hall–Kier alpha value is -1.56. The van der Waals surface area contributed by atoms with Crippen molar-refractivity contribution in [1.82, 2.24) is 9.80 Å². The highest BCUT2D eigenvalue weighted by Crippen LogP contribution is 2.02. The molecule has 0 rings (SSSR count). The van der Waals surface area contributed by atoms with E-state index in [2.05, 4.69) is 6.58 Å². The molecule has 0 radical (unpaired) electrons. The van der Waals surface area contributed by atoms with Crippen LogP contribution in [0.25, 0.3) is 0 Å². The van der Waals surface area contributed by atoms with Crippen molar-refractivity contribution in [2.45, 2.75) is 19.8 Å². The van der Waals surface area contributed by atoms with Crippen LogP contribution >= 0.6 is 0 Å². The third-order valence-corrected chi connectivity index (χ3v) is 2.37. The normalized spacial score (nSPS) is 9.89. The maximum atomic E-state index is 12.1. The van der Waals surface area contributed by atoms with E-state index in [-0.39, 0.29) is 32.3 Å². The highest BCUT2D eigenvalue weighted by atomic mass is 16.4. The molecule has 0 aliphatic rings. The Morgan fingerprint density at radius 1 is 1.28 bits per heavy atom. The molecule has 18 heavy (non-hydrogen) atoms. The molecule has 0 spiro atoms. The maximum absolute atomic E-state index is 12.1. The number of nitrogens with zero attached hydrogens (tertiary/aromatic N) is 2. The van der Waals surface area contributed by atoms with Crippen LogP contribution in [0.5, 0.6) is 0 Å². The van der Waals surface area contributed by atoms with Crippen molar-refractivity contribution in [3.63, 3.8) is 0 Å². The van der Waals surface area contributed by atoms with Gasteiger partial charge in [-0.15, -0.1) is 6.58 Å². The van der Waals surface area contributed by atoms with Gasteiger partial charge in [-0.05, 0) is 6.42 Å². The number of hydrogen-bond acceptors (Lipinski definition) is 3. The van der Waals surface area contributed by atoms with Gasteiger partial charge in [-0.2, -0.15) is 0 Å². The molecule has 0 atom stereocenters. The SMILES string of the molecule is C=CCN(CC(=O)O)C(=O)N(CCO)CCCC. The molecule has 0 aliphatic carbocycles. The first-order valence-electron chi connectivity index (χ1n) is 6.04. The highest BCUT2D eigenvalue weighted by molar-refractivity contribution is 5.80. The highest BCUT2D eigenvalue weighted by Gasteiger charge is 2.21. The Kier molecular flexibility index (Phi) is 8.65. The zero-order chi connectivity index (χ0) is 14.0. The number of unbranched alkanes of at least 4 members (excludes halogenated alkanes) is 1. The van der Waals surface area contributed by atoms with Crippen molar-refractivity contribution < 1.29 is 19.8 Å². The first-order chi connectivity index (χ1) is 8.56. The first kappa shape index (κ1) is 16.4. The van der Waals surface area contributed by atoms with Gasteiger partial charge in [0.25, 0.3) is 0 Å². The zero-order valence-corrected chi connectivity index (χ0v) is 10.8. The summed E-state index contributed by atoms with van der Waals surface area (Å²) < 4.78 is 0. The molecule has 0 heterocycles. The molecule has 0 bridgehead atoms. The van der Waals surface area contributed by atoms with E-state index in [4.69, 9.17) is 10.2 Å². The van der Waals surface area contributed by atoms with Crippen LogP contribution in [0.2, 0.25) is 0 Å². The minimum absolute atomic E-state index is 0.134. The zero-order valence-electron chi connectivity index (χ0n) is 10.8. The number of rotatable bonds is 9. The second-order valence-electron chi connectivity index (χ2n) is 3.91. The number of carboxylic acid groups (broad SMARTS) is 1. The number of aliphatic hydroxyl groups excluding tert-OH is 1. The first-order valence-corrected chi connectivity index (χ1v) is 6.04. The van der Waals surface area contributed by atoms with Gasteiger partial charge in [-0.1, -0.05) is 19.4 Å². The minimum atomic E-state index is -1.07. The van der Waals surface area contributed by atoms with E-state index in [1.54, 1.807) is 0 Å². The van der Waals surface area contributed by atoms with E-state index in [1.807, 2.05) is 6.92 Å². The van der Waals surface area contributed by atoms with Crippen LogP contribution in [0, 0.1) is 0 Å². The lowest BCUT2D eigenvalue weighted by Gasteiger charge is -2.28. The van der Waals surface area contributed by atoms with E-state index >= 15 is 0 Å². The molecule has 0 aromatic heterocycles. The fourth-order valence-electron chi connectivity index (χ4n) is 1.50. The van der Waals surface area contributed by atoms with Crippen LogP contribution in [0.1, 0.15) is 19.8 Å². The third-order valence-electron chi connectivity index (χ3n) is 2.37. The summed E-state index contributed by atoms with van der Waals surface area (Å²) >= 11 is 0. The number of aliphatic carboxylic acids is 1. The predicted octanol–water partition coefficient (Wildman–Crippen LogP) is 0.773. The number of aliphatic hydroxyl groups is 1. The van der Waals surface area contributed by atoms with Crippen LogP contribution in [0.4, 0.5) is 4.79 Å². The Balaban J connectivity index is 4.63. The summed E-state index contributed by atoms with van der Waals surface area (Å²) in [7, 11) is 0. The predicted molar refractivity (Wildman–Crippen MR) is 68.4 cm³/mol. The van der Waals surface area contributed by atoms with E-state index < -0.39 is 5.97 Å². The van der Waals surface area contributed by atoms with Crippen LogP contribution in [0.15, 0.2) is 12.7 Å². The lowest BCUT2D eigenvalue weighted by atomic mass is 10.3. The Labute approximate surface area is 107 Å². The molecule has 0 saturated heterocycles. The van der Waals surface area contributed by atoms with Crippen molar-refractivity contribution in [2.75, 3.05) is 32.8 Å². The lowest BCUT2D eigenvalue weighted by Crippen LogP contribution is -2.46. The number of carbonyl (C=O) groups is 2. The fraction of sp³-hybridized carbons (Fsp3) is 0.667. The molecule has 6 nitrogen and oxygen atoms in total. The van der Waals surface area contributed by atoms with E-state index in [1.165, 1.54) is 15.9 Å². The van der Waals surface area contributed by atoms with Crippen molar-refractivity contribution in [3.8, 4) is 0 Å². The van der Waals surface area contributed by atoms with Crippen molar-refractivity contribution in [3.05, 3.63) is 12.7 Å². The van der Waals surface area contributed by atoms with Gasteiger partial charge in [0.1, 0.15) is 6.54 Å². The summed E-state index contributed by atoms with van der Waals surface area (Å²) in [4.78, 5) is 25.4. The van der Waals surface area contributed by atoms with Gasteiger partial charge in [0.15, 0.2) is 0 Å². The summed E-state index contributed by atoms with van der Waals surface area (Å²) in [6, 6.07) is -0.375. The quantitative estimate of drug-likeness (QED) is 0.599. The van der Waals surface area contributed by atoms with Crippen LogP contribution in [-0.4, -0.2) is 64.8 Å². The van der Waals surface area contributed by atoms with E-state index in [9.17, 15) is 9.59 Å². The molecule has 2 N–H and O–H groups in total. The minimum Gasteiger partial charge on any atom is -0.480 e. The van der Waals surface area contributed by atoms with Gasteiger partial charge in [0.05, 0.1) is 6.61 Å². The van der Waals surface area contributed by atoms with Crippen LogP contribution in [0.3, 0.4) is 0 Å². The van der Waals surface area contributed by atoms with Crippen molar-refractivity contribution >= 4 is 12.0 Å². The van der Waals surface area contributed by atoms with Crippen molar-refractivity contribution in [1.29, 1.82) is 0 Å². The number of amides is 2. The Bertz CT molecular complexity index is 281. The van der Waals surface area contributed by atoms with Gasteiger partial charge >= 0.3 is 12.0 Å². The van der Waals surface area contributed by atoms with E-state index in [0.717, 1.165) is 12.8 Å². The number of carbonyl (C=O) groups excluding carboxylic acids is 1. The van der Waals surface area contributed by atoms with Crippen molar-refractivity contribution in [2.24, 2.45) is 0 Å². The molecule has 0 fully saturated rings. The number of urea groups is 1. The Morgan fingerprint density at radius 2 is 1.94 bits per heavy atom. The fourth-order valence-corrected chi connectivity index (χ4v) is 1.50. The summed E-state index contributed by atoms with van der Waals surface area (Å²) in [5.74, 6) is -1.07. The van der Waals surface area contributed by atoms with E-state index in [0.29, 0.717) is 6.54 Å². The second kappa shape index (κ2) is 9.47. The average Bonchev–Trinajstić information content (AvgIpc) is 2.32. The monoisotopic (exact) mass is 258 g/mol. The van der Waals surface area contributed by atoms with Gasteiger partial charge in [0, 0.05) is 19.6 Å². The van der Waals surface area contributed by atoms with Gasteiger partial charge < -0.3 is 20.0 Å². The van der Waals surface area contributed by atoms with Gasteiger partial charge in [-0.3, -0.25) is 4.79 Å². The van der Waals surface area contributed by atoms with Gasteiger partial charge in [-0.25, -0.2) is 4.79 Å². The molecule has 104 valence electrons. The topological polar surface area (TPSA) is 81.1 Å². The lowest BCUT2D eigenvalue weighted by molar-refractivity contribution is -0.137. The maximum Gasteiger partial charge on any atom is 0.323 e. The molecule has 2 amide bonds. The molecular weight excluding hydrogens is 236 g/mol. The third kappa shape index (κ3) is 6.24. The summed E-state index contributed by atoms with van der Waals surface area (Å²) in [5, 5.41) is 17.7. The summed E-state index contributed by atoms with van der Waals surface area (Å²) in [6.07, 6.45) is 3.23. The largest absolute Gasteiger partial charge is 0.480 e. The van der Waals surface area contributed by atoms with Gasteiger partial charge in [0.2, 0.25) is 0 Å². The smallest absolute Gasteiger partial charge is 0.323 e. The molecule has 0 unspecified atom stereocenters.